The second-order valence-electron chi connectivity index (χ2n) is 5.51. The molecule has 3 nitrogen and oxygen atoms in total. The molecule has 1 aliphatic rings. The number of rotatable bonds is 4. The van der Waals surface area contributed by atoms with Crippen LogP contribution in [0.4, 0.5) is 5.69 Å². The molecule has 0 aromatic heterocycles. The minimum atomic E-state index is 0.0220. The second-order valence-corrected chi connectivity index (χ2v) is 5.51. The Hall–Kier alpha value is -2.29. The summed E-state index contributed by atoms with van der Waals surface area (Å²) < 4.78 is 0. The minimum absolute atomic E-state index is 0.0220. The van der Waals surface area contributed by atoms with Crippen LogP contribution in [0.15, 0.2) is 60.7 Å². The van der Waals surface area contributed by atoms with Crippen LogP contribution in [0.2, 0.25) is 0 Å². The first-order valence-electron chi connectivity index (χ1n) is 7.46. The summed E-state index contributed by atoms with van der Waals surface area (Å²) in [6, 6.07) is 19.9. The van der Waals surface area contributed by atoms with Gasteiger partial charge in [-0.3, -0.25) is 4.79 Å². The summed E-state index contributed by atoms with van der Waals surface area (Å²) >= 11 is 0. The summed E-state index contributed by atoms with van der Waals surface area (Å²) in [5, 5.41) is 3.05. The van der Waals surface area contributed by atoms with Crippen molar-refractivity contribution in [3.05, 3.63) is 66.2 Å². The molecule has 21 heavy (non-hydrogen) atoms. The van der Waals surface area contributed by atoms with E-state index in [1.54, 1.807) is 0 Å². The van der Waals surface area contributed by atoms with Crippen LogP contribution in [0.5, 0.6) is 0 Å². The van der Waals surface area contributed by atoms with Gasteiger partial charge in [0.25, 0.3) is 5.91 Å². The maximum absolute atomic E-state index is 12.0. The van der Waals surface area contributed by atoms with Crippen molar-refractivity contribution < 1.29 is 4.79 Å². The van der Waals surface area contributed by atoms with E-state index in [0.29, 0.717) is 5.92 Å². The standard InChI is InChI=1S/C18H20N2O/c21-18(16-7-3-1-4-8-16)19-13-15-11-12-20(14-15)17-9-5-2-6-10-17/h1-10,15H,11-14H2,(H,19,21)/t15-/m0/s1. The lowest BCUT2D eigenvalue weighted by Gasteiger charge is -2.18. The summed E-state index contributed by atoms with van der Waals surface area (Å²) in [7, 11) is 0. The summed E-state index contributed by atoms with van der Waals surface area (Å²) in [5.74, 6) is 0.548. The minimum Gasteiger partial charge on any atom is -0.371 e. The molecule has 0 spiro atoms. The van der Waals surface area contributed by atoms with Crippen molar-refractivity contribution in [1.29, 1.82) is 0 Å². The molecule has 1 aliphatic heterocycles. The number of benzene rings is 2. The van der Waals surface area contributed by atoms with E-state index in [4.69, 9.17) is 0 Å². The molecule has 1 amide bonds. The molecule has 1 N–H and O–H groups in total. The molecule has 0 saturated carbocycles. The van der Waals surface area contributed by atoms with Crippen molar-refractivity contribution in [2.45, 2.75) is 6.42 Å². The molecular weight excluding hydrogens is 260 g/mol. The van der Waals surface area contributed by atoms with Crippen molar-refractivity contribution in [3.8, 4) is 0 Å². The topological polar surface area (TPSA) is 32.3 Å². The molecule has 3 heteroatoms. The molecule has 1 saturated heterocycles. The van der Waals surface area contributed by atoms with Gasteiger partial charge in [-0.1, -0.05) is 36.4 Å². The van der Waals surface area contributed by atoms with Crippen LogP contribution in [0, 0.1) is 5.92 Å². The largest absolute Gasteiger partial charge is 0.371 e. The molecule has 0 unspecified atom stereocenters. The summed E-state index contributed by atoms with van der Waals surface area (Å²) in [6.07, 6.45) is 1.13. The zero-order valence-corrected chi connectivity index (χ0v) is 12.0. The number of carbonyl (C=O) groups is 1. The molecule has 0 bridgehead atoms. The third-order valence-corrected chi connectivity index (χ3v) is 3.99. The Bertz CT molecular complexity index is 583. The van der Waals surface area contributed by atoms with E-state index in [1.807, 2.05) is 36.4 Å². The van der Waals surface area contributed by atoms with Crippen molar-refractivity contribution in [2.24, 2.45) is 5.92 Å². The third-order valence-electron chi connectivity index (χ3n) is 3.99. The molecule has 1 fully saturated rings. The average Bonchev–Trinajstić information content (AvgIpc) is 3.03. The summed E-state index contributed by atoms with van der Waals surface area (Å²) in [6.45, 7) is 2.83. The zero-order chi connectivity index (χ0) is 14.5. The smallest absolute Gasteiger partial charge is 0.251 e. The van der Waals surface area contributed by atoms with Gasteiger partial charge < -0.3 is 10.2 Å². The van der Waals surface area contributed by atoms with E-state index in [9.17, 15) is 4.79 Å². The molecule has 0 radical (unpaired) electrons. The van der Waals surface area contributed by atoms with Gasteiger partial charge in [0.1, 0.15) is 0 Å². The van der Waals surface area contributed by atoms with E-state index in [0.717, 1.165) is 31.6 Å². The normalized spacial score (nSPS) is 17.7. The first-order chi connectivity index (χ1) is 10.3. The number of nitrogens with zero attached hydrogens (tertiary/aromatic N) is 1. The summed E-state index contributed by atoms with van der Waals surface area (Å²) in [5.41, 5.74) is 2.00. The lowest BCUT2D eigenvalue weighted by molar-refractivity contribution is 0.0948. The third kappa shape index (κ3) is 3.43. The van der Waals surface area contributed by atoms with Crippen molar-refractivity contribution in [3.63, 3.8) is 0 Å². The highest BCUT2D eigenvalue weighted by Gasteiger charge is 2.22. The molecule has 2 aromatic rings. The fourth-order valence-electron chi connectivity index (χ4n) is 2.80. The van der Waals surface area contributed by atoms with Gasteiger partial charge in [-0.2, -0.15) is 0 Å². The van der Waals surface area contributed by atoms with Crippen LogP contribution in [0.25, 0.3) is 0 Å². The molecule has 3 rings (SSSR count). The quantitative estimate of drug-likeness (QED) is 0.934. The van der Waals surface area contributed by atoms with Crippen molar-refractivity contribution in [1.82, 2.24) is 5.32 Å². The number of hydrogen-bond acceptors (Lipinski definition) is 2. The molecule has 1 atom stereocenters. The highest BCUT2D eigenvalue weighted by atomic mass is 16.1. The van der Waals surface area contributed by atoms with E-state index in [1.165, 1.54) is 5.69 Å². The Balaban J connectivity index is 1.50. The predicted octanol–water partition coefficient (Wildman–Crippen LogP) is 2.94. The molecule has 108 valence electrons. The SMILES string of the molecule is O=C(NC[C@@H]1CCN(c2ccccc2)C1)c1ccccc1. The van der Waals surface area contributed by atoms with Gasteiger partial charge in [0.15, 0.2) is 0 Å². The van der Waals surface area contributed by atoms with Crippen LogP contribution in [-0.4, -0.2) is 25.5 Å². The highest BCUT2D eigenvalue weighted by Crippen LogP contribution is 2.22. The Morgan fingerprint density at radius 2 is 1.71 bits per heavy atom. The lowest BCUT2D eigenvalue weighted by Crippen LogP contribution is -2.30. The van der Waals surface area contributed by atoms with Crippen molar-refractivity contribution in [2.75, 3.05) is 24.5 Å². The fraction of sp³-hybridized carbons (Fsp3) is 0.278. The number of carbonyl (C=O) groups excluding carboxylic acids is 1. The van der Waals surface area contributed by atoms with Crippen molar-refractivity contribution >= 4 is 11.6 Å². The maximum atomic E-state index is 12.0. The second kappa shape index (κ2) is 6.44. The zero-order valence-electron chi connectivity index (χ0n) is 12.0. The van der Waals surface area contributed by atoms with E-state index in [-0.39, 0.29) is 5.91 Å². The van der Waals surface area contributed by atoms with E-state index < -0.39 is 0 Å². The molecule has 2 aromatic carbocycles. The van der Waals surface area contributed by atoms with Crippen LogP contribution in [0.1, 0.15) is 16.8 Å². The van der Waals surface area contributed by atoms with Crippen LogP contribution < -0.4 is 10.2 Å². The Morgan fingerprint density at radius 3 is 2.43 bits per heavy atom. The maximum Gasteiger partial charge on any atom is 0.251 e. The number of nitrogens with one attached hydrogen (secondary N) is 1. The Kier molecular flexibility index (Phi) is 4.20. The van der Waals surface area contributed by atoms with Crippen LogP contribution in [-0.2, 0) is 0 Å². The first kappa shape index (κ1) is 13.7. The van der Waals surface area contributed by atoms with Gasteiger partial charge >= 0.3 is 0 Å². The Labute approximate surface area is 125 Å². The average molecular weight is 280 g/mol. The first-order valence-corrected chi connectivity index (χ1v) is 7.46. The lowest BCUT2D eigenvalue weighted by atomic mass is 10.1. The number of para-hydroxylation sites is 1. The van der Waals surface area contributed by atoms with Gasteiger partial charge in [0.05, 0.1) is 0 Å². The monoisotopic (exact) mass is 280 g/mol. The molecule has 1 heterocycles. The fourth-order valence-corrected chi connectivity index (χ4v) is 2.80. The van der Waals surface area contributed by atoms with Gasteiger partial charge in [-0.25, -0.2) is 0 Å². The number of hydrogen-bond donors (Lipinski definition) is 1. The Morgan fingerprint density at radius 1 is 1.05 bits per heavy atom. The number of amides is 1. The van der Waals surface area contributed by atoms with Gasteiger partial charge in [-0.05, 0) is 36.6 Å². The van der Waals surface area contributed by atoms with E-state index >= 15 is 0 Å². The van der Waals surface area contributed by atoms with Gasteiger partial charge in [-0.15, -0.1) is 0 Å². The molecular formula is C18H20N2O. The predicted molar refractivity (Wildman–Crippen MR) is 85.5 cm³/mol. The van der Waals surface area contributed by atoms with Gasteiger partial charge in [0.2, 0.25) is 0 Å². The highest BCUT2D eigenvalue weighted by molar-refractivity contribution is 5.94. The molecule has 0 aliphatic carbocycles. The van der Waals surface area contributed by atoms with E-state index in [2.05, 4.69) is 34.5 Å². The van der Waals surface area contributed by atoms with Crippen LogP contribution in [0.3, 0.4) is 0 Å². The summed E-state index contributed by atoms with van der Waals surface area (Å²) in [4.78, 5) is 14.4. The van der Waals surface area contributed by atoms with Gasteiger partial charge in [0, 0.05) is 30.9 Å². The number of anilines is 1. The van der Waals surface area contributed by atoms with Crippen LogP contribution >= 0.6 is 0 Å².